The lowest BCUT2D eigenvalue weighted by Gasteiger charge is -2.05. The van der Waals surface area contributed by atoms with E-state index in [0.717, 1.165) is 11.9 Å². The highest BCUT2D eigenvalue weighted by Gasteiger charge is 2.16. The summed E-state index contributed by atoms with van der Waals surface area (Å²) in [6.07, 6.45) is 1.16. The van der Waals surface area contributed by atoms with Gasteiger partial charge in [-0.25, -0.2) is 23.1 Å². The van der Waals surface area contributed by atoms with E-state index in [1.165, 1.54) is 17.4 Å². The van der Waals surface area contributed by atoms with Crippen molar-refractivity contribution in [2.24, 2.45) is 0 Å². The highest BCUT2D eigenvalue weighted by atomic mass is 35.5. The monoisotopic (exact) mass is 337 g/mol. The van der Waals surface area contributed by atoms with E-state index in [0.29, 0.717) is 5.01 Å². The van der Waals surface area contributed by atoms with E-state index in [2.05, 4.69) is 14.7 Å². The maximum atomic E-state index is 12.0. The van der Waals surface area contributed by atoms with Gasteiger partial charge in [0.25, 0.3) is 0 Å². The van der Waals surface area contributed by atoms with Crippen molar-refractivity contribution < 1.29 is 8.42 Å². The fourth-order valence-corrected chi connectivity index (χ4v) is 3.37. The van der Waals surface area contributed by atoms with Crippen LogP contribution in [0.4, 0.5) is 0 Å². The first kappa shape index (κ1) is 14.7. The van der Waals surface area contributed by atoms with Crippen LogP contribution >= 0.6 is 34.5 Å². The Hall–Kier alpha value is -0.730. The van der Waals surface area contributed by atoms with E-state index >= 15 is 0 Å². The van der Waals surface area contributed by atoms with Crippen LogP contribution in [0.25, 0.3) is 0 Å². The first-order valence-corrected chi connectivity index (χ1v) is 8.22. The second-order valence-corrected chi connectivity index (χ2v) is 7.13. The summed E-state index contributed by atoms with van der Waals surface area (Å²) in [5, 5.41) is 2.70. The molecule has 0 amide bonds. The summed E-state index contributed by atoms with van der Waals surface area (Å²) in [4.78, 5) is 7.84. The van der Waals surface area contributed by atoms with Gasteiger partial charge in [-0.2, -0.15) is 0 Å². The van der Waals surface area contributed by atoms with Gasteiger partial charge in [-0.3, -0.25) is 0 Å². The van der Waals surface area contributed by atoms with Gasteiger partial charge >= 0.3 is 0 Å². The van der Waals surface area contributed by atoms with E-state index in [1.54, 1.807) is 0 Å². The molecule has 2 aromatic rings. The Balaban J connectivity index is 2.16. The van der Waals surface area contributed by atoms with Gasteiger partial charge in [-0.1, -0.05) is 23.2 Å². The van der Waals surface area contributed by atoms with E-state index < -0.39 is 10.0 Å². The minimum Gasteiger partial charge on any atom is -0.245 e. The van der Waals surface area contributed by atoms with Crippen LogP contribution in [-0.2, 0) is 16.6 Å². The lowest BCUT2D eigenvalue weighted by molar-refractivity contribution is 0.580. The molecule has 2 heterocycles. The molecule has 0 aliphatic rings. The Morgan fingerprint density at radius 3 is 2.74 bits per heavy atom. The minimum atomic E-state index is -3.68. The molecule has 0 bridgehead atoms. The summed E-state index contributed by atoms with van der Waals surface area (Å²) in [7, 11) is -3.68. The molecule has 0 aromatic carbocycles. The molecular weight excluding hydrogens is 329 g/mol. The van der Waals surface area contributed by atoms with Crippen LogP contribution in [0.3, 0.4) is 0 Å². The van der Waals surface area contributed by atoms with Crippen molar-refractivity contribution in [3.63, 3.8) is 0 Å². The first-order valence-electron chi connectivity index (χ1n) is 5.10. The van der Waals surface area contributed by atoms with Crippen LogP contribution in [0.2, 0.25) is 10.2 Å². The molecule has 0 atom stereocenters. The lowest BCUT2D eigenvalue weighted by Crippen LogP contribution is -2.23. The average Bonchev–Trinajstić information content (AvgIpc) is 2.76. The second-order valence-electron chi connectivity index (χ2n) is 3.65. The number of sulfonamides is 1. The van der Waals surface area contributed by atoms with Crippen molar-refractivity contribution in [1.82, 2.24) is 14.7 Å². The molecule has 0 unspecified atom stereocenters. The number of hydrogen-bond acceptors (Lipinski definition) is 5. The molecular formula is C10H9Cl2N3O2S2. The summed E-state index contributed by atoms with van der Waals surface area (Å²) in [6, 6.07) is 1.26. The van der Waals surface area contributed by atoms with E-state index in [4.69, 9.17) is 23.2 Å². The number of halogens is 2. The van der Waals surface area contributed by atoms with Gasteiger partial charge in [0.05, 0.1) is 11.6 Å². The minimum absolute atomic E-state index is 0.0322. The van der Waals surface area contributed by atoms with Crippen LogP contribution < -0.4 is 4.72 Å². The van der Waals surface area contributed by atoms with Crippen molar-refractivity contribution in [2.75, 3.05) is 0 Å². The molecule has 2 rings (SSSR count). The number of nitrogens with one attached hydrogen (secondary N) is 1. The molecule has 0 aliphatic carbocycles. The maximum absolute atomic E-state index is 12.0. The van der Waals surface area contributed by atoms with E-state index in [9.17, 15) is 8.42 Å². The summed E-state index contributed by atoms with van der Waals surface area (Å²) in [6.45, 7) is 1.97. The predicted molar refractivity (Wildman–Crippen MR) is 75.1 cm³/mol. The van der Waals surface area contributed by atoms with Crippen LogP contribution in [0.5, 0.6) is 0 Å². The maximum Gasteiger partial charge on any atom is 0.242 e. The molecule has 0 radical (unpaired) electrons. The topological polar surface area (TPSA) is 72.0 Å². The predicted octanol–water partition coefficient (Wildman–Crippen LogP) is 2.63. The van der Waals surface area contributed by atoms with Crippen LogP contribution in [0, 0.1) is 6.92 Å². The highest BCUT2D eigenvalue weighted by Crippen LogP contribution is 2.22. The summed E-state index contributed by atoms with van der Waals surface area (Å²) in [5.41, 5.74) is 0.857. The van der Waals surface area contributed by atoms with Crippen molar-refractivity contribution in [1.29, 1.82) is 0 Å². The Labute approximate surface area is 124 Å². The van der Waals surface area contributed by atoms with Gasteiger partial charge in [0, 0.05) is 17.3 Å². The Morgan fingerprint density at radius 1 is 1.42 bits per heavy atom. The molecule has 0 aliphatic heterocycles. The fraction of sp³-hybridized carbons (Fsp3) is 0.200. The molecule has 0 fully saturated rings. The van der Waals surface area contributed by atoms with Gasteiger partial charge in [0.15, 0.2) is 0 Å². The normalized spacial score (nSPS) is 11.7. The summed E-state index contributed by atoms with van der Waals surface area (Å²) in [5.74, 6) is 0. The summed E-state index contributed by atoms with van der Waals surface area (Å²) >= 11 is 12.8. The number of aryl methyl sites for hydroxylation is 1. The smallest absolute Gasteiger partial charge is 0.242 e. The largest absolute Gasteiger partial charge is 0.245 e. The van der Waals surface area contributed by atoms with Crippen molar-refractivity contribution in [2.45, 2.75) is 18.4 Å². The standard InChI is InChI=1S/C10H9Cl2N3O2S2/c1-6-5-18-9(15-6)4-14-19(16,17)7-2-8(11)10(12)13-3-7/h2-3,5,14H,4H2,1H3. The van der Waals surface area contributed by atoms with Crippen molar-refractivity contribution in [3.8, 4) is 0 Å². The number of hydrogen-bond donors (Lipinski definition) is 1. The van der Waals surface area contributed by atoms with Gasteiger partial charge in [-0.05, 0) is 13.0 Å². The highest BCUT2D eigenvalue weighted by molar-refractivity contribution is 7.89. The third-order valence-corrected chi connectivity index (χ3v) is 5.18. The quantitative estimate of drug-likeness (QED) is 0.870. The summed E-state index contributed by atoms with van der Waals surface area (Å²) < 4.78 is 26.4. The molecule has 2 aromatic heterocycles. The van der Waals surface area contributed by atoms with Crippen molar-refractivity contribution >= 4 is 44.6 Å². The Bertz CT molecular complexity index is 701. The molecule has 0 spiro atoms. The van der Waals surface area contributed by atoms with Crippen LogP contribution in [0.15, 0.2) is 22.5 Å². The molecule has 0 saturated carbocycles. The number of pyridine rings is 1. The van der Waals surface area contributed by atoms with Gasteiger partial charge in [0.1, 0.15) is 15.1 Å². The van der Waals surface area contributed by atoms with Gasteiger partial charge < -0.3 is 0 Å². The molecule has 9 heteroatoms. The molecule has 102 valence electrons. The second kappa shape index (κ2) is 5.72. The Kier molecular flexibility index (Phi) is 4.42. The lowest BCUT2D eigenvalue weighted by atomic mass is 10.5. The first-order chi connectivity index (χ1) is 8.88. The molecule has 5 nitrogen and oxygen atoms in total. The SMILES string of the molecule is Cc1csc(CNS(=O)(=O)c2cnc(Cl)c(Cl)c2)n1. The third-order valence-electron chi connectivity index (χ3n) is 2.16. The van der Waals surface area contributed by atoms with E-state index in [-0.39, 0.29) is 21.6 Å². The zero-order chi connectivity index (χ0) is 14.0. The zero-order valence-corrected chi connectivity index (χ0v) is 12.9. The third kappa shape index (κ3) is 3.64. The average molecular weight is 338 g/mol. The number of aromatic nitrogens is 2. The van der Waals surface area contributed by atoms with Crippen LogP contribution in [-0.4, -0.2) is 18.4 Å². The van der Waals surface area contributed by atoms with Crippen LogP contribution in [0.1, 0.15) is 10.7 Å². The molecule has 0 saturated heterocycles. The Morgan fingerprint density at radius 2 is 2.16 bits per heavy atom. The number of rotatable bonds is 4. The van der Waals surface area contributed by atoms with E-state index in [1.807, 2.05) is 12.3 Å². The van der Waals surface area contributed by atoms with Gasteiger partial charge in [-0.15, -0.1) is 11.3 Å². The molecule has 19 heavy (non-hydrogen) atoms. The fourth-order valence-electron chi connectivity index (χ4n) is 1.27. The number of nitrogens with zero attached hydrogens (tertiary/aromatic N) is 2. The van der Waals surface area contributed by atoms with Gasteiger partial charge in [0.2, 0.25) is 10.0 Å². The number of thiazole rings is 1. The zero-order valence-electron chi connectivity index (χ0n) is 9.72. The van der Waals surface area contributed by atoms with Crippen molar-refractivity contribution in [3.05, 3.63) is 38.5 Å². The molecule has 1 N–H and O–H groups in total.